The van der Waals surface area contributed by atoms with E-state index in [4.69, 9.17) is 0 Å². The first-order valence-electron chi connectivity index (χ1n) is 5.00. The van der Waals surface area contributed by atoms with E-state index < -0.39 is 0 Å². The van der Waals surface area contributed by atoms with Crippen molar-refractivity contribution in [1.29, 1.82) is 0 Å². The van der Waals surface area contributed by atoms with Gasteiger partial charge in [-0.25, -0.2) is 0 Å². The van der Waals surface area contributed by atoms with Crippen molar-refractivity contribution in [1.82, 2.24) is 14.8 Å². The Balaban J connectivity index is 2.93. The van der Waals surface area contributed by atoms with E-state index in [1.165, 1.54) is 0 Å². The molecule has 0 N–H and O–H groups in total. The van der Waals surface area contributed by atoms with Crippen molar-refractivity contribution in [3.63, 3.8) is 0 Å². The fourth-order valence-corrected chi connectivity index (χ4v) is 1.34. The minimum atomic E-state index is 0.145. The van der Waals surface area contributed by atoms with Crippen LogP contribution in [0.1, 0.15) is 46.4 Å². The molecule has 0 aromatic carbocycles. The topological polar surface area (TPSA) is 30.7 Å². The van der Waals surface area contributed by atoms with E-state index in [0.717, 1.165) is 25.2 Å². The van der Waals surface area contributed by atoms with Gasteiger partial charge in [-0.05, 0) is 12.8 Å². The van der Waals surface area contributed by atoms with Crippen LogP contribution in [0.2, 0.25) is 0 Å². The Kier molecular flexibility index (Phi) is 3.07. The Morgan fingerprint density at radius 1 is 1.38 bits per heavy atom. The van der Waals surface area contributed by atoms with Gasteiger partial charge in [-0.15, -0.1) is 10.2 Å². The molecular weight excluding hydrogens is 162 g/mol. The number of rotatable bonds is 4. The highest BCUT2D eigenvalue weighted by molar-refractivity contribution is 5.02. The standard InChI is InChI=1S/C10H19N3/c1-5-7-13-8-11-12-9(13)10(3,4)6-2/h8H,5-7H2,1-4H3. The number of hydrogen-bond donors (Lipinski definition) is 0. The van der Waals surface area contributed by atoms with Crippen LogP contribution in [0, 0.1) is 0 Å². The predicted molar refractivity (Wildman–Crippen MR) is 53.6 cm³/mol. The summed E-state index contributed by atoms with van der Waals surface area (Å²) in [4.78, 5) is 0. The molecule has 3 nitrogen and oxygen atoms in total. The quantitative estimate of drug-likeness (QED) is 0.714. The molecule has 0 bridgehead atoms. The molecule has 0 aliphatic heterocycles. The van der Waals surface area contributed by atoms with E-state index in [0.29, 0.717) is 0 Å². The van der Waals surface area contributed by atoms with E-state index >= 15 is 0 Å². The smallest absolute Gasteiger partial charge is 0.138 e. The van der Waals surface area contributed by atoms with Crippen molar-refractivity contribution >= 4 is 0 Å². The Labute approximate surface area is 80.2 Å². The third-order valence-electron chi connectivity index (χ3n) is 2.57. The summed E-state index contributed by atoms with van der Waals surface area (Å²) in [6.45, 7) is 9.80. The van der Waals surface area contributed by atoms with Gasteiger partial charge in [0.05, 0.1) is 0 Å². The molecule has 1 rings (SSSR count). The number of aromatic nitrogens is 3. The van der Waals surface area contributed by atoms with Gasteiger partial charge in [0, 0.05) is 12.0 Å². The Hall–Kier alpha value is -0.860. The van der Waals surface area contributed by atoms with E-state index in [1.54, 1.807) is 0 Å². The largest absolute Gasteiger partial charge is 0.317 e. The zero-order chi connectivity index (χ0) is 9.90. The average Bonchev–Trinajstić information content (AvgIpc) is 2.54. The molecule has 1 aromatic heterocycles. The summed E-state index contributed by atoms with van der Waals surface area (Å²) in [5.41, 5.74) is 0.145. The first kappa shape index (κ1) is 10.2. The van der Waals surface area contributed by atoms with E-state index in [-0.39, 0.29) is 5.41 Å². The van der Waals surface area contributed by atoms with Gasteiger partial charge in [0.1, 0.15) is 12.2 Å². The van der Waals surface area contributed by atoms with Crippen LogP contribution in [0.4, 0.5) is 0 Å². The van der Waals surface area contributed by atoms with Gasteiger partial charge in [-0.1, -0.05) is 27.7 Å². The third-order valence-corrected chi connectivity index (χ3v) is 2.57. The van der Waals surface area contributed by atoms with Crippen molar-refractivity contribution in [2.24, 2.45) is 0 Å². The summed E-state index contributed by atoms with van der Waals surface area (Å²) in [5.74, 6) is 1.11. The van der Waals surface area contributed by atoms with Crippen molar-refractivity contribution in [2.75, 3.05) is 0 Å². The first-order chi connectivity index (χ1) is 6.11. The zero-order valence-electron chi connectivity index (χ0n) is 9.04. The molecule has 0 spiro atoms. The van der Waals surface area contributed by atoms with Crippen LogP contribution < -0.4 is 0 Å². The molecule has 0 saturated carbocycles. The summed E-state index contributed by atoms with van der Waals surface area (Å²) in [5, 5.41) is 8.16. The van der Waals surface area contributed by atoms with Gasteiger partial charge in [-0.2, -0.15) is 0 Å². The monoisotopic (exact) mass is 181 g/mol. The lowest BCUT2D eigenvalue weighted by atomic mass is 9.89. The highest BCUT2D eigenvalue weighted by Gasteiger charge is 2.23. The summed E-state index contributed by atoms with van der Waals surface area (Å²) in [6.07, 6.45) is 4.05. The molecular formula is C10H19N3. The lowest BCUT2D eigenvalue weighted by Gasteiger charge is -2.21. The second-order valence-electron chi connectivity index (χ2n) is 4.09. The molecule has 0 aliphatic carbocycles. The SMILES string of the molecule is CCCn1cnnc1C(C)(C)CC. The number of hydrogen-bond acceptors (Lipinski definition) is 2. The van der Waals surface area contributed by atoms with Gasteiger partial charge in [0.15, 0.2) is 0 Å². The van der Waals surface area contributed by atoms with E-state index in [2.05, 4.69) is 42.5 Å². The third kappa shape index (κ3) is 2.08. The van der Waals surface area contributed by atoms with Crippen LogP contribution in [-0.2, 0) is 12.0 Å². The molecule has 0 unspecified atom stereocenters. The van der Waals surface area contributed by atoms with E-state index in [1.807, 2.05) is 6.33 Å². The fraction of sp³-hybridized carbons (Fsp3) is 0.800. The zero-order valence-corrected chi connectivity index (χ0v) is 9.04. The molecule has 1 heterocycles. The molecule has 13 heavy (non-hydrogen) atoms. The summed E-state index contributed by atoms with van der Waals surface area (Å²) in [6, 6.07) is 0. The lowest BCUT2D eigenvalue weighted by Crippen LogP contribution is -2.21. The predicted octanol–water partition coefficient (Wildman–Crippen LogP) is 2.38. The first-order valence-corrected chi connectivity index (χ1v) is 5.00. The van der Waals surface area contributed by atoms with Gasteiger partial charge in [-0.3, -0.25) is 0 Å². The maximum atomic E-state index is 4.19. The molecule has 0 radical (unpaired) electrons. The van der Waals surface area contributed by atoms with Crippen LogP contribution in [0.25, 0.3) is 0 Å². The average molecular weight is 181 g/mol. The van der Waals surface area contributed by atoms with Crippen LogP contribution in [0.15, 0.2) is 6.33 Å². The molecule has 0 fully saturated rings. The van der Waals surface area contributed by atoms with Crippen molar-refractivity contribution in [3.05, 3.63) is 12.2 Å². The van der Waals surface area contributed by atoms with Gasteiger partial charge < -0.3 is 4.57 Å². The Bertz CT molecular complexity index is 263. The molecule has 0 aliphatic rings. The molecule has 1 aromatic rings. The Morgan fingerprint density at radius 3 is 2.62 bits per heavy atom. The molecule has 3 heteroatoms. The van der Waals surface area contributed by atoms with Crippen LogP contribution in [0.3, 0.4) is 0 Å². The van der Waals surface area contributed by atoms with Gasteiger partial charge in [0.25, 0.3) is 0 Å². The van der Waals surface area contributed by atoms with Gasteiger partial charge >= 0.3 is 0 Å². The van der Waals surface area contributed by atoms with E-state index in [9.17, 15) is 0 Å². The molecule has 0 amide bonds. The van der Waals surface area contributed by atoms with Crippen LogP contribution >= 0.6 is 0 Å². The minimum Gasteiger partial charge on any atom is -0.317 e. The minimum absolute atomic E-state index is 0.145. The normalized spacial score (nSPS) is 12.0. The number of nitrogens with zero attached hydrogens (tertiary/aromatic N) is 3. The second-order valence-corrected chi connectivity index (χ2v) is 4.09. The second kappa shape index (κ2) is 3.90. The maximum Gasteiger partial charge on any atom is 0.138 e. The van der Waals surface area contributed by atoms with Crippen molar-refractivity contribution in [2.45, 2.75) is 52.5 Å². The van der Waals surface area contributed by atoms with Crippen LogP contribution in [-0.4, -0.2) is 14.8 Å². The molecule has 0 saturated heterocycles. The Morgan fingerprint density at radius 2 is 2.08 bits per heavy atom. The van der Waals surface area contributed by atoms with Gasteiger partial charge in [0.2, 0.25) is 0 Å². The number of aryl methyl sites for hydroxylation is 1. The molecule has 0 atom stereocenters. The summed E-state index contributed by atoms with van der Waals surface area (Å²) >= 11 is 0. The maximum absolute atomic E-state index is 4.19. The summed E-state index contributed by atoms with van der Waals surface area (Å²) < 4.78 is 2.16. The summed E-state index contributed by atoms with van der Waals surface area (Å²) in [7, 11) is 0. The molecule has 74 valence electrons. The van der Waals surface area contributed by atoms with Crippen molar-refractivity contribution in [3.8, 4) is 0 Å². The van der Waals surface area contributed by atoms with Crippen molar-refractivity contribution < 1.29 is 0 Å². The lowest BCUT2D eigenvalue weighted by molar-refractivity contribution is 0.440. The van der Waals surface area contributed by atoms with Crippen LogP contribution in [0.5, 0.6) is 0 Å². The highest BCUT2D eigenvalue weighted by atomic mass is 15.3. The fourth-order valence-electron chi connectivity index (χ4n) is 1.34. The highest BCUT2D eigenvalue weighted by Crippen LogP contribution is 2.24.